The van der Waals surface area contributed by atoms with E-state index in [1.807, 2.05) is 60.9 Å². The van der Waals surface area contributed by atoms with Crippen LogP contribution in [0.5, 0.6) is 11.5 Å². The van der Waals surface area contributed by atoms with Crippen LogP contribution in [0.3, 0.4) is 0 Å². The van der Waals surface area contributed by atoms with Gasteiger partial charge in [-0.1, -0.05) is 0 Å². The maximum absolute atomic E-state index is 10.8. The van der Waals surface area contributed by atoms with Crippen LogP contribution in [-0.4, -0.2) is 79.7 Å². The van der Waals surface area contributed by atoms with E-state index in [4.69, 9.17) is 19.6 Å². The lowest BCUT2D eigenvalue weighted by atomic mass is 10.1. The summed E-state index contributed by atoms with van der Waals surface area (Å²) >= 11 is 0. The second-order valence-electron chi connectivity index (χ2n) is 8.33. The third-order valence-corrected chi connectivity index (χ3v) is 5.80. The van der Waals surface area contributed by atoms with Gasteiger partial charge in [0.1, 0.15) is 11.5 Å². The lowest BCUT2D eigenvalue weighted by Gasteiger charge is -2.26. The summed E-state index contributed by atoms with van der Waals surface area (Å²) in [5.41, 5.74) is 4.33. The number of anilines is 2. The number of hydrogen-bond donors (Lipinski definition) is 2. The molecule has 1 aliphatic rings. The zero-order chi connectivity index (χ0) is 24.8. The van der Waals surface area contributed by atoms with Crippen LogP contribution >= 0.6 is 0 Å². The average Bonchev–Trinajstić information content (AvgIpc) is 3.31. The van der Waals surface area contributed by atoms with Crippen LogP contribution in [0.15, 0.2) is 47.7 Å². The molecule has 35 heavy (non-hydrogen) atoms. The summed E-state index contributed by atoms with van der Waals surface area (Å²) in [5, 5.41) is 18.0. The monoisotopic (exact) mass is 478 g/mol. The number of carbonyl (C=O) groups is 1. The van der Waals surface area contributed by atoms with Crippen molar-refractivity contribution in [2.45, 2.75) is 12.3 Å². The zero-order valence-electron chi connectivity index (χ0n) is 20.1. The van der Waals surface area contributed by atoms with Crippen LogP contribution in [0.4, 0.5) is 11.4 Å². The maximum Gasteiger partial charge on any atom is 0.317 e. The minimum Gasteiger partial charge on any atom is -0.497 e. The zero-order valence-corrected chi connectivity index (χ0v) is 20.1. The Labute approximate surface area is 204 Å². The number of rotatable bonds is 11. The van der Waals surface area contributed by atoms with Crippen molar-refractivity contribution >= 4 is 34.6 Å². The largest absolute Gasteiger partial charge is 0.497 e. The van der Waals surface area contributed by atoms with Gasteiger partial charge in [0.25, 0.3) is 0 Å². The average molecular weight is 479 g/mol. The number of benzene rings is 2. The fraction of sp³-hybridized carbons (Fsp3) is 0.360. The third kappa shape index (κ3) is 5.96. The SMILES string of the molecule is COc1cc(OC)cc(N(CCCNCC(=O)O)c2ccc3ncc(C4C=NN(C)C4)nc3c2)c1. The molecule has 0 saturated carbocycles. The van der Waals surface area contributed by atoms with Crippen molar-refractivity contribution in [2.24, 2.45) is 5.10 Å². The maximum atomic E-state index is 10.8. The van der Waals surface area contributed by atoms with E-state index in [9.17, 15) is 4.79 Å². The van der Waals surface area contributed by atoms with Gasteiger partial charge < -0.3 is 24.8 Å². The van der Waals surface area contributed by atoms with Gasteiger partial charge in [0.05, 0.1) is 43.4 Å². The number of hydrogen-bond acceptors (Lipinski definition) is 9. The summed E-state index contributed by atoms with van der Waals surface area (Å²) in [6.07, 6.45) is 4.44. The van der Waals surface area contributed by atoms with E-state index in [2.05, 4.69) is 20.3 Å². The lowest BCUT2D eigenvalue weighted by Crippen LogP contribution is -2.27. The predicted molar refractivity (Wildman–Crippen MR) is 135 cm³/mol. The molecule has 10 heteroatoms. The summed E-state index contributed by atoms with van der Waals surface area (Å²) in [5.74, 6) is 0.600. The van der Waals surface area contributed by atoms with E-state index in [1.54, 1.807) is 14.2 Å². The molecule has 2 heterocycles. The van der Waals surface area contributed by atoms with Gasteiger partial charge in [0.2, 0.25) is 0 Å². The molecule has 2 aromatic carbocycles. The number of aromatic nitrogens is 2. The summed E-state index contributed by atoms with van der Waals surface area (Å²) in [6.45, 7) is 1.91. The first-order chi connectivity index (χ1) is 17.0. The number of nitrogens with one attached hydrogen (secondary N) is 1. The molecule has 0 bridgehead atoms. The van der Waals surface area contributed by atoms with Gasteiger partial charge >= 0.3 is 5.97 Å². The number of carboxylic acids is 1. The molecule has 4 rings (SSSR count). The number of hydrazone groups is 1. The Kier molecular flexibility index (Phi) is 7.61. The van der Waals surface area contributed by atoms with E-state index in [-0.39, 0.29) is 12.5 Å². The molecule has 1 unspecified atom stereocenters. The van der Waals surface area contributed by atoms with Crippen molar-refractivity contribution in [2.75, 3.05) is 52.3 Å². The van der Waals surface area contributed by atoms with Gasteiger partial charge in [-0.05, 0) is 31.2 Å². The Hall–Kier alpha value is -3.92. The second kappa shape index (κ2) is 11.0. The van der Waals surface area contributed by atoms with Gasteiger partial charge in [0.15, 0.2) is 0 Å². The highest BCUT2D eigenvalue weighted by Gasteiger charge is 2.19. The van der Waals surface area contributed by atoms with Gasteiger partial charge in [-0.25, -0.2) is 4.98 Å². The fourth-order valence-corrected chi connectivity index (χ4v) is 4.02. The molecule has 10 nitrogen and oxygen atoms in total. The Morgan fingerprint density at radius 1 is 1.14 bits per heavy atom. The van der Waals surface area contributed by atoms with Crippen molar-refractivity contribution in [1.82, 2.24) is 20.3 Å². The predicted octanol–water partition coefficient (Wildman–Crippen LogP) is 2.86. The van der Waals surface area contributed by atoms with E-state index in [1.165, 1.54) is 0 Å². The first-order valence-electron chi connectivity index (χ1n) is 11.4. The number of likely N-dealkylation sites (N-methyl/N-ethyl adjacent to an activating group) is 1. The first-order valence-corrected chi connectivity index (χ1v) is 11.4. The number of methoxy groups -OCH3 is 2. The first kappa shape index (κ1) is 24.2. The normalized spacial score (nSPS) is 14.9. The van der Waals surface area contributed by atoms with Crippen molar-refractivity contribution < 1.29 is 19.4 Å². The summed E-state index contributed by atoms with van der Waals surface area (Å²) in [7, 11) is 5.18. The van der Waals surface area contributed by atoms with Gasteiger partial charge in [-0.2, -0.15) is 5.10 Å². The Morgan fingerprint density at radius 2 is 1.91 bits per heavy atom. The molecule has 0 fully saturated rings. The van der Waals surface area contributed by atoms with E-state index < -0.39 is 5.97 Å². The van der Waals surface area contributed by atoms with Crippen LogP contribution in [0.2, 0.25) is 0 Å². The molecule has 0 saturated heterocycles. The molecule has 0 spiro atoms. The Balaban J connectivity index is 1.66. The van der Waals surface area contributed by atoms with Crippen molar-refractivity contribution in [3.8, 4) is 11.5 Å². The number of nitrogens with zero attached hydrogens (tertiary/aromatic N) is 5. The quantitative estimate of drug-likeness (QED) is 0.402. The molecular weight excluding hydrogens is 448 g/mol. The van der Waals surface area contributed by atoms with Crippen LogP contribution in [0, 0.1) is 0 Å². The highest BCUT2D eigenvalue weighted by atomic mass is 16.5. The Morgan fingerprint density at radius 3 is 2.57 bits per heavy atom. The molecule has 2 N–H and O–H groups in total. The highest BCUT2D eigenvalue weighted by molar-refractivity contribution is 5.82. The van der Waals surface area contributed by atoms with Crippen LogP contribution < -0.4 is 19.7 Å². The Bertz CT molecular complexity index is 1200. The number of ether oxygens (including phenoxy) is 2. The molecule has 0 amide bonds. The third-order valence-electron chi connectivity index (χ3n) is 5.80. The van der Waals surface area contributed by atoms with Crippen molar-refractivity contribution in [1.29, 1.82) is 0 Å². The molecule has 0 aliphatic carbocycles. The highest BCUT2D eigenvalue weighted by Crippen LogP contribution is 2.34. The van der Waals surface area contributed by atoms with Gasteiger partial charge in [0, 0.05) is 62.1 Å². The van der Waals surface area contributed by atoms with E-state index >= 15 is 0 Å². The van der Waals surface area contributed by atoms with E-state index in [0.717, 1.165) is 41.1 Å². The molecule has 184 valence electrons. The minimum atomic E-state index is -0.873. The standard InChI is InChI=1S/C25H30N6O4/c1-30-16-17(13-28-30)24-14-27-22-6-5-18(11-23(22)29-24)31(8-4-7-26-15-25(32)33)19-9-20(34-2)12-21(10-19)35-3/h5-6,9-14,17,26H,4,7-8,15-16H2,1-3H3,(H,32,33). The van der Waals surface area contributed by atoms with Crippen molar-refractivity contribution in [3.63, 3.8) is 0 Å². The fourth-order valence-electron chi connectivity index (χ4n) is 4.02. The van der Waals surface area contributed by atoms with Crippen LogP contribution in [0.1, 0.15) is 18.0 Å². The summed E-state index contributed by atoms with van der Waals surface area (Å²) < 4.78 is 11.0. The molecular formula is C25H30N6O4. The van der Waals surface area contributed by atoms with Gasteiger partial charge in [-0.3, -0.25) is 14.8 Å². The topological polar surface area (TPSA) is 112 Å². The van der Waals surface area contributed by atoms with Crippen molar-refractivity contribution in [3.05, 3.63) is 48.3 Å². The molecule has 1 atom stereocenters. The van der Waals surface area contributed by atoms with Gasteiger partial charge in [-0.15, -0.1) is 0 Å². The molecule has 1 aromatic heterocycles. The molecule has 3 aromatic rings. The summed E-state index contributed by atoms with van der Waals surface area (Å²) in [6, 6.07) is 11.7. The van der Waals surface area contributed by atoms with E-state index in [0.29, 0.717) is 24.6 Å². The smallest absolute Gasteiger partial charge is 0.317 e. The number of aliphatic carboxylic acids is 1. The number of carboxylic acid groups (broad SMARTS) is 1. The molecule has 1 aliphatic heterocycles. The number of fused-ring (bicyclic) bond motifs is 1. The van der Waals surface area contributed by atoms with Crippen LogP contribution in [-0.2, 0) is 4.79 Å². The lowest BCUT2D eigenvalue weighted by molar-refractivity contribution is -0.135. The van der Waals surface area contributed by atoms with Crippen LogP contribution in [0.25, 0.3) is 11.0 Å². The minimum absolute atomic E-state index is 0.0685. The molecule has 0 radical (unpaired) electrons. The second-order valence-corrected chi connectivity index (χ2v) is 8.33. The summed E-state index contributed by atoms with van der Waals surface area (Å²) in [4.78, 5) is 22.5.